The quantitative estimate of drug-likeness (QED) is 0.730. The lowest BCUT2D eigenvalue weighted by Gasteiger charge is -2.09. The van der Waals surface area contributed by atoms with Crippen molar-refractivity contribution >= 4 is 17.3 Å². The van der Waals surface area contributed by atoms with E-state index >= 15 is 0 Å². The molecule has 3 heteroatoms. The summed E-state index contributed by atoms with van der Waals surface area (Å²) in [5, 5.41) is 4.09. The van der Waals surface area contributed by atoms with Gasteiger partial charge in [0.05, 0.1) is 0 Å². The van der Waals surface area contributed by atoms with Gasteiger partial charge < -0.3 is 11.1 Å². The van der Waals surface area contributed by atoms with Crippen LogP contribution in [-0.4, -0.2) is 13.1 Å². The second kappa shape index (κ2) is 5.10. The molecule has 0 atom stereocenters. The molecule has 0 saturated heterocycles. The number of anilines is 1. The number of nitrogens with two attached hydrogens (primary N) is 1. The van der Waals surface area contributed by atoms with Crippen LogP contribution >= 0.6 is 11.6 Å². The minimum Gasteiger partial charge on any atom is -0.385 e. The van der Waals surface area contributed by atoms with E-state index in [1.807, 2.05) is 25.1 Å². The van der Waals surface area contributed by atoms with E-state index in [0.717, 1.165) is 29.2 Å². The molecule has 0 spiro atoms. The normalized spacial score (nSPS) is 10.1. The van der Waals surface area contributed by atoms with Crippen molar-refractivity contribution in [2.45, 2.75) is 13.3 Å². The Balaban J connectivity index is 2.61. The smallest absolute Gasteiger partial charge is 0.0455 e. The van der Waals surface area contributed by atoms with Crippen LogP contribution in [0.25, 0.3) is 0 Å². The minimum atomic E-state index is 0.715. The van der Waals surface area contributed by atoms with Gasteiger partial charge in [0.2, 0.25) is 0 Å². The minimum absolute atomic E-state index is 0.715. The number of rotatable bonds is 4. The fourth-order valence-corrected chi connectivity index (χ4v) is 1.30. The molecule has 0 aliphatic heterocycles. The first-order valence-corrected chi connectivity index (χ1v) is 4.82. The Kier molecular flexibility index (Phi) is 4.06. The lowest BCUT2D eigenvalue weighted by atomic mass is 10.2. The van der Waals surface area contributed by atoms with Gasteiger partial charge in [0.25, 0.3) is 0 Å². The molecule has 0 fully saturated rings. The Labute approximate surface area is 84.1 Å². The van der Waals surface area contributed by atoms with Crippen molar-refractivity contribution in [2.75, 3.05) is 18.4 Å². The molecule has 0 saturated carbocycles. The van der Waals surface area contributed by atoms with Crippen LogP contribution in [0.1, 0.15) is 12.0 Å². The molecule has 0 radical (unpaired) electrons. The highest BCUT2D eigenvalue weighted by Gasteiger charge is 1.99. The lowest BCUT2D eigenvalue weighted by Crippen LogP contribution is -2.09. The van der Waals surface area contributed by atoms with Gasteiger partial charge in [-0.3, -0.25) is 0 Å². The van der Waals surface area contributed by atoms with Crippen molar-refractivity contribution in [1.29, 1.82) is 0 Å². The summed E-state index contributed by atoms with van der Waals surface area (Å²) < 4.78 is 0. The second-order valence-corrected chi connectivity index (χ2v) is 3.39. The third-order valence-corrected chi connectivity index (χ3v) is 2.37. The maximum atomic E-state index is 5.96. The Hall–Kier alpha value is -0.730. The Morgan fingerprint density at radius 1 is 1.46 bits per heavy atom. The van der Waals surface area contributed by atoms with E-state index in [0.29, 0.717) is 6.54 Å². The molecule has 0 aromatic heterocycles. The third kappa shape index (κ3) is 2.90. The van der Waals surface area contributed by atoms with E-state index in [-0.39, 0.29) is 0 Å². The molecule has 2 nitrogen and oxygen atoms in total. The van der Waals surface area contributed by atoms with Gasteiger partial charge in [-0.2, -0.15) is 0 Å². The first kappa shape index (κ1) is 10.4. The van der Waals surface area contributed by atoms with Crippen LogP contribution in [0.15, 0.2) is 18.2 Å². The SMILES string of the molecule is Cc1c(Cl)cccc1NCCCN. The third-order valence-electron chi connectivity index (χ3n) is 1.96. The lowest BCUT2D eigenvalue weighted by molar-refractivity contribution is 0.873. The van der Waals surface area contributed by atoms with Crippen molar-refractivity contribution < 1.29 is 0 Å². The molecule has 3 N–H and O–H groups in total. The highest BCUT2D eigenvalue weighted by molar-refractivity contribution is 6.31. The van der Waals surface area contributed by atoms with Crippen molar-refractivity contribution in [3.63, 3.8) is 0 Å². The van der Waals surface area contributed by atoms with Gasteiger partial charge in [-0.05, 0) is 37.6 Å². The van der Waals surface area contributed by atoms with Gasteiger partial charge >= 0.3 is 0 Å². The van der Waals surface area contributed by atoms with Crippen LogP contribution in [0.5, 0.6) is 0 Å². The molecular formula is C10H15ClN2. The van der Waals surface area contributed by atoms with Gasteiger partial charge in [0.1, 0.15) is 0 Å². The summed E-state index contributed by atoms with van der Waals surface area (Å²) in [6.07, 6.45) is 0.978. The first-order chi connectivity index (χ1) is 6.25. The summed E-state index contributed by atoms with van der Waals surface area (Å²) >= 11 is 5.96. The highest BCUT2D eigenvalue weighted by Crippen LogP contribution is 2.22. The summed E-state index contributed by atoms with van der Waals surface area (Å²) in [4.78, 5) is 0. The predicted octanol–water partition coefficient (Wildman–Crippen LogP) is 2.41. The zero-order chi connectivity index (χ0) is 9.68. The number of benzene rings is 1. The van der Waals surface area contributed by atoms with Crippen LogP contribution in [-0.2, 0) is 0 Å². The van der Waals surface area contributed by atoms with Crippen molar-refractivity contribution in [2.24, 2.45) is 5.73 Å². The van der Waals surface area contributed by atoms with Crippen molar-refractivity contribution in [3.05, 3.63) is 28.8 Å². The molecule has 0 aliphatic rings. The van der Waals surface area contributed by atoms with Crippen LogP contribution in [0.2, 0.25) is 5.02 Å². The predicted molar refractivity (Wildman–Crippen MR) is 58.4 cm³/mol. The van der Waals surface area contributed by atoms with Crippen LogP contribution in [0, 0.1) is 6.92 Å². The molecule has 0 bridgehead atoms. The standard InChI is InChI=1S/C10H15ClN2/c1-8-9(11)4-2-5-10(8)13-7-3-6-12/h2,4-5,13H,3,6-7,12H2,1H3. The second-order valence-electron chi connectivity index (χ2n) is 2.98. The van der Waals surface area contributed by atoms with E-state index < -0.39 is 0 Å². The molecule has 0 amide bonds. The maximum Gasteiger partial charge on any atom is 0.0455 e. The molecule has 0 unspecified atom stereocenters. The van der Waals surface area contributed by atoms with Gasteiger partial charge in [0, 0.05) is 17.3 Å². The Morgan fingerprint density at radius 3 is 2.92 bits per heavy atom. The van der Waals surface area contributed by atoms with Gasteiger partial charge in [-0.1, -0.05) is 17.7 Å². The summed E-state index contributed by atoms with van der Waals surface area (Å²) in [6.45, 7) is 3.62. The fourth-order valence-electron chi connectivity index (χ4n) is 1.12. The van der Waals surface area contributed by atoms with Crippen LogP contribution in [0.3, 0.4) is 0 Å². The molecule has 72 valence electrons. The van der Waals surface area contributed by atoms with Crippen LogP contribution < -0.4 is 11.1 Å². The zero-order valence-electron chi connectivity index (χ0n) is 7.81. The largest absolute Gasteiger partial charge is 0.385 e. The van der Waals surface area contributed by atoms with Crippen molar-refractivity contribution in [1.82, 2.24) is 0 Å². The molecular weight excluding hydrogens is 184 g/mol. The van der Waals surface area contributed by atoms with E-state index in [1.165, 1.54) is 0 Å². The average molecular weight is 199 g/mol. The first-order valence-electron chi connectivity index (χ1n) is 4.44. The Bertz CT molecular complexity index is 274. The molecule has 1 rings (SSSR count). The maximum absolute atomic E-state index is 5.96. The topological polar surface area (TPSA) is 38.0 Å². The fraction of sp³-hybridized carbons (Fsp3) is 0.400. The van der Waals surface area contributed by atoms with Gasteiger partial charge in [0.15, 0.2) is 0 Å². The monoisotopic (exact) mass is 198 g/mol. The number of hydrogen-bond donors (Lipinski definition) is 2. The van der Waals surface area contributed by atoms with Crippen LogP contribution in [0.4, 0.5) is 5.69 Å². The number of nitrogens with one attached hydrogen (secondary N) is 1. The molecule has 0 aliphatic carbocycles. The van der Waals surface area contributed by atoms with Crippen molar-refractivity contribution in [3.8, 4) is 0 Å². The zero-order valence-corrected chi connectivity index (χ0v) is 8.56. The van der Waals surface area contributed by atoms with E-state index in [2.05, 4.69) is 5.32 Å². The molecule has 13 heavy (non-hydrogen) atoms. The molecule has 0 heterocycles. The van der Waals surface area contributed by atoms with E-state index in [9.17, 15) is 0 Å². The summed E-state index contributed by atoms with van der Waals surface area (Å²) in [7, 11) is 0. The van der Waals surface area contributed by atoms with Gasteiger partial charge in [-0.25, -0.2) is 0 Å². The van der Waals surface area contributed by atoms with Gasteiger partial charge in [-0.15, -0.1) is 0 Å². The van der Waals surface area contributed by atoms with E-state index in [1.54, 1.807) is 0 Å². The summed E-state index contributed by atoms with van der Waals surface area (Å²) in [6, 6.07) is 5.86. The molecule has 1 aromatic rings. The van der Waals surface area contributed by atoms with E-state index in [4.69, 9.17) is 17.3 Å². The highest BCUT2D eigenvalue weighted by atomic mass is 35.5. The average Bonchev–Trinajstić information content (AvgIpc) is 2.13. The molecule has 1 aromatic carbocycles. The number of halogens is 1. The summed E-state index contributed by atoms with van der Waals surface area (Å²) in [5.74, 6) is 0. The Morgan fingerprint density at radius 2 is 2.23 bits per heavy atom. The summed E-state index contributed by atoms with van der Waals surface area (Å²) in [5.41, 5.74) is 7.59. The number of hydrogen-bond acceptors (Lipinski definition) is 2.